The van der Waals surface area contributed by atoms with Gasteiger partial charge in [-0.1, -0.05) is 0 Å². The predicted molar refractivity (Wildman–Crippen MR) is 97.8 cm³/mol. The fraction of sp³-hybridized carbons (Fsp3) is 0.667. The third-order valence-corrected chi connectivity index (χ3v) is 7.12. The van der Waals surface area contributed by atoms with Gasteiger partial charge in [0, 0.05) is 19.1 Å². The van der Waals surface area contributed by atoms with E-state index in [0.29, 0.717) is 6.54 Å². The number of nitrogens with zero attached hydrogens (tertiary/aromatic N) is 1. The molecule has 0 radical (unpaired) electrons. The SMILES string of the molecule is CC(C)(C)OC(=O)N1CCCCC1CNS(=O)(=O)c1ccc(Br)s1. The molecule has 0 spiro atoms. The lowest BCUT2D eigenvalue weighted by Crippen LogP contribution is -2.50. The minimum Gasteiger partial charge on any atom is -0.444 e. The zero-order valence-electron chi connectivity index (χ0n) is 14.0. The summed E-state index contributed by atoms with van der Waals surface area (Å²) in [5, 5.41) is 0. The molecule has 2 heterocycles. The second kappa shape index (κ2) is 7.72. The monoisotopic (exact) mass is 438 g/mol. The number of carbonyl (C=O) groups is 1. The van der Waals surface area contributed by atoms with Crippen molar-refractivity contribution in [1.82, 2.24) is 9.62 Å². The molecule has 1 N–H and O–H groups in total. The molecule has 136 valence electrons. The molecule has 1 amide bonds. The van der Waals surface area contributed by atoms with Crippen molar-refractivity contribution in [2.75, 3.05) is 13.1 Å². The van der Waals surface area contributed by atoms with E-state index in [1.54, 1.807) is 17.0 Å². The lowest BCUT2D eigenvalue weighted by Gasteiger charge is -2.36. The van der Waals surface area contributed by atoms with Crippen LogP contribution in [0.2, 0.25) is 0 Å². The van der Waals surface area contributed by atoms with E-state index in [4.69, 9.17) is 4.74 Å². The van der Waals surface area contributed by atoms with Crippen LogP contribution in [-0.4, -0.2) is 44.1 Å². The Labute approximate surface area is 155 Å². The van der Waals surface area contributed by atoms with Crippen molar-refractivity contribution < 1.29 is 17.9 Å². The van der Waals surface area contributed by atoms with Crippen LogP contribution in [0.1, 0.15) is 40.0 Å². The van der Waals surface area contributed by atoms with Crippen LogP contribution < -0.4 is 4.72 Å². The number of piperidine rings is 1. The highest BCUT2D eigenvalue weighted by Gasteiger charge is 2.31. The topological polar surface area (TPSA) is 75.7 Å². The van der Waals surface area contributed by atoms with Crippen molar-refractivity contribution in [1.29, 1.82) is 0 Å². The first-order valence-corrected chi connectivity index (χ1v) is 10.9. The second-order valence-corrected chi connectivity index (χ2v) is 11.2. The summed E-state index contributed by atoms with van der Waals surface area (Å²) in [6, 6.07) is 3.07. The van der Waals surface area contributed by atoms with E-state index in [1.807, 2.05) is 20.8 Å². The molecule has 0 aromatic carbocycles. The van der Waals surface area contributed by atoms with Gasteiger partial charge >= 0.3 is 6.09 Å². The Morgan fingerprint density at radius 2 is 2.12 bits per heavy atom. The van der Waals surface area contributed by atoms with Crippen LogP contribution in [-0.2, 0) is 14.8 Å². The predicted octanol–water partition coefficient (Wildman–Crippen LogP) is 3.58. The molecule has 1 atom stereocenters. The molecule has 1 unspecified atom stereocenters. The fourth-order valence-corrected chi connectivity index (χ4v) is 5.62. The number of amides is 1. The number of hydrogen-bond acceptors (Lipinski definition) is 5. The maximum absolute atomic E-state index is 12.3. The molecular formula is C15H23BrN2O4S2. The molecule has 1 aromatic rings. The number of sulfonamides is 1. The maximum atomic E-state index is 12.3. The molecule has 1 fully saturated rings. The van der Waals surface area contributed by atoms with E-state index in [-0.39, 0.29) is 22.9 Å². The Morgan fingerprint density at radius 3 is 2.71 bits per heavy atom. The number of ether oxygens (including phenoxy) is 1. The minimum atomic E-state index is -3.56. The minimum absolute atomic E-state index is 0.188. The van der Waals surface area contributed by atoms with E-state index in [2.05, 4.69) is 20.7 Å². The highest BCUT2D eigenvalue weighted by molar-refractivity contribution is 9.11. The van der Waals surface area contributed by atoms with E-state index in [9.17, 15) is 13.2 Å². The lowest BCUT2D eigenvalue weighted by atomic mass is 10.0. The largest absolute Gasteiger partial charge is 0.444 e. The van der Waals surface area contributed by atoms with Gasteiger partial charge in [-0.2, -0.15) is 0 Å². The molecule has 9 heteroatoms. The van der Waals surface area contributed by atoms with Gasteiger partial charge in [0.25, 0.3) is 0 Å². The number of nitrogens with one attached hydrogen (secondary N) is 1. The number of rotatable bonds is 4. The zero-order valence-corrected chi connectivity index (χ0v) is 17.3. The molecule has 0 aliphatic carbocycles. The first-order valence-electron chi connectivity index (χ1n) is 7.83. The van der Waals surface area contributed by atoms with Gasteiger partial charge in [0.2, 0.25) is 10.0 Å². The van der Waals surface area contributed by atoms with Crippen molar-refractivity contribution in [3.63, 3.8) is 0 Å². The standard InChI is InChI=1S/C15H23BrN2O4S2/c1-15(2,3)22-14(19)18-9-5-4-6-11(18)10-17-24(20,21)13-8-7-12(16)23-13/h7-8,11,17H,4-6,9-10H2,1-3H3. The molecule has 1 aliphatic rings. The molecule has 1 saturated heterocycles. The molecular weight excluding hydrogens is 416 g/mol. The number of carbonyl (C=O) groups excluding carboxylic acids is 1. The van der Waals surface area contributed by atoms with Crippen LogP contribution in [0.25, 0.3) is 0 Å². The van der Waals surface area contributed by atoms with Gasteiger partial charge < -0.3 is 9.64 Å². The van der Waals surface area contributed by atoms with Crippen molar-refractivity contribution >= 4 is 43.4 Å². The number of hydrogen-bond donors (Lipinski definition) is 1. The Hall–Kier alpha value is -0.640. The van der Waals surface area contributed by atoms with E-state index in [1.165, 1.54) is 0 Å². The van der Waals surface area contributed by atoms with E-state index in [0.717, 1.165) is 34.4 Å². The Bertz CT molecular complexity index is 682. The third kappa shape index (κ3) is 5.44. The summed E-state index contributed by atoms with van der Waals surface area (Å²) in [4.78, 5) is 14.0. The van der Waals surface area contributed by atoms with Crippen LogP contribution in [0.5, 0.6) is 0 Å². The highest BCUT2D eigenvalue weighted by atomic mass is 79.9. The highest BCUT2D eigenvalue weighted by Crippen LogP contribution is 2.26. The summed E-state index contributed by atoms with van der Waals surface area (Å²) in [5.74, 6) is 0. The van der Waals surface area contributed by atoms with E-state index < -0.39 is 15.6 Å². The third-order valence-electron chi connectivity index (χ3n) is 3.58. The molecule has 6 nitrogen and oxygen atoms in total. The Morgan fingerprint density at radius 1 is 1.42 bits per heavy atom. The average Bonchev–Trinajstić information content (AvgIpc) is 2.91. The van der Waals surface area contributed by atoms with Crippen molar-refractivity contribution in [3.8, 4) is 0 Å². The molecule has 24 heavy (non-hydrogen) atoms. The summed E-state index contributed by atoms with van der Waals surface area (Å²) in [6.07, 6.45) is 2.25. The van der Waals surface area contributed by atoms with Crippen LogP contribution in [0, 0.1) is 0 Å². The van der Waals surface area contributed by atoms with Crippen molar-refractivity contribution in [2.24, 2.45) is 0 Å². The molecule has 0 saturated carbocycles. The fourth-order valence-electron chi connectivity index (χ4n) is 2.49. The molecule has 0 bridgehead atoms. The van der Waals surface area contributed by atoms with Gasteiger partial charge in [0.05, 0.1) is 3.79 Å². The number of thiophene rings is 1. The van der Waals surface area contributed by atoms with Gasteiger partial charge in [-0.15, -0.1) is 11.3 Å². The van der Waals surface area contributed by atoms with Gasteiger partial charge in [0.15, 0.2) is 0 Å². The van der Waals surface area contributed by atoms with E-state index >= 15 is 0 Å². The first kappa shape index (κ1) is 19.7. The summed E-state index contributed by atoms with van der Waals surface area (Å²) in [5.41, 5.74) is -0.568. The number of halogens is 1. The molecule has 1 aliphatic heterocycles. The smallest absolute Gasteiger partial charge is 0.410 e. The normalized spacial score (nSPS) is 19.3. The second-order valence-electron chi connectivity index (χ2n) is 6.73. The first-order chi connectivity index (χ1) is 11.1. The van der Waals surface area contributed by atoms with Gasteiger partial charge in [-0.3, -0.25) is 0 Å². The van der Waals surface area contributed by atoms with Crippen LogP contribution >= 0.6 is 27.3 Å². The summed E-state index contributed by atoms with van der Waals surface area (Å²) >= 11 is 4.42. The average molecular weight is 439 g/mol. The van der Waals surface area contributed by atoms with Gasteiger partial charge in [0.1, 0.15) is 9.81 Å². The number of likely N-dealkylation sites (tertiary alicyclic amines) is 1. The van der Waals surface area contributed by atoms with Gasteiger partial charge in [-0.05, 0) is 68.1 Å². The maximum Gasteiger partial charge on any atom is 0.410 e. The van der Waals surface area contributed by atoms with Crippen molar-refractivity contribution in [2.45, 2.75) is 55.9 Å². The molecule has 1 aromatic heterocycles. The van der Waals surface area contributed by atoms with Crippen LogP contribution in [0.15, 0.2) is 20.1 Å². The Balaban J connectivity index is 2.02. The van der Waals surface area contributed by atoms with Crippen LogP contribution in [0.3, 0.4) is 0 Å². The summed E-state index contributed by atoms with van der Waals surface area (Å²) in [6.45, 7) is 6.24. The molecule has 2 rings (SSSR count). The zero-order chi connectivity index (χ0) is 18.0. The Kier molecular flexibility index (Phi) is 6.33. The summed E-state index contributed by atoms with van der Waals surface area (Å²) in [7, 11) is -3.56. The quantitative estimate of drug-likeness (QED) is 0.778. The lowest BCUT2D eigenvalue weighted by molar-refractivity contribution is 0.0105. The van der Waals surface area contributed by atoms with Gasteiger partial charge in [-0.25, -0.2) is 17.9 Å². The van der Waals surface area contributed by atoms with Crippen molar-refractivity contribution in [3.05, 3.63) is 15.9 Å². The van der Waals surface area contributed by atoms with Crippen LogP contribution in [0.4, 0.5) is 4.79 Å². The summed E-state index contributed by atoms with van der Waals surface area (Å²) < 4.78 is 33.7.